The van der Waals surface area contributed by atoms with Crippen LogP contribution in [0, 0.1) is 12.8 Å². The second-order valence-electron chi connectivity index (χ2n) is 8.58. The van der Waals surface area contributed by atoms with Gasteiger partial charge in [0.05, 0.1) is 11.8 Å². The van der Waals surface area contributed by atoms with E-state index in [1.54, 1.807) is 19.1 Å². The Morgan fingerprint density at radius 3 is 2.88 bits per heavy atom. The first-order chi connectivity index (χ1) is 16.3. The molecule has 1 aliphatic heterocycles. The first kappa shape index (κ1) is 22.4. The van der Waals surface area contributed by atoms with Gasteiger partial charge in [-0.2, -0.15) is 4.98 Å². The molecule has 0 bridgehead atoms. The minimum Gasteiger partial charge on any atom is -0.406 e. The van der Waals surface area contributed by atoms with E-state index in [9.17, 15) is 18.0 Å². The Balaban J connectivity index is 1.32. The van der Waals surface area contributed by atoms with Gasteiger partial charge in [-0.25, -0.2) is 0 Å². The molecule has 34 heavy (non-hydrogen) atoms. The fraction of sp³-hybridized carbons (Fsp3) is 0.375. The number of alkyl halides is 3. The van der Waals surface area contributed by atoms with Crippen LogP contribution in [-0.4, -0.2) is 29.0 Å². The van der Waals surface area contributed by atoms with Crippen molar-refractivity contribution in [3.05, 3.63) is 64.8 Å². The van der Waals surface area contributed by atoms with Crippen molar-refractivity contribution in [1.29, 1.82) is 0 Å². The minimum atomic E-state index is -4.74. The molecule has 7 nitrogen and oxygen atoms in total. The molecule has 2 N–H and O–H groups in total. The van der Waals surface area contributed by atoms with Crippen LogP contribution < -0.4 is 15.4 Å². The summed E-state index contributed by atoms with van der Waals surface area (Å²) in [4.78, 5) is 16.9. The van der Waals surface area contributed by atoms with Gasteiger partial charge in [-0.1, -0.05) is 29.4 Å². The highest BCUT2D eigenvalue weighted by Crippen LogP contribution is 2.46. The van der Waals surface area contributed by atoms with Crippen molar-refractivity contribution in [1.82, 2.24) is 20.8 Å². The normalized spacial score (nSPS) is 19.4. The summed E-state index contributed by atoms with van der Waals surface area (Å²) >= 11 is 0. The van der Waals surface area contributed by atoms with Gasteiger partial charge in [0.1, 0.15) is 5.75 Å². The van der Waals surface area contributed by atoms with E-state index < -0.39 is 6.36 Å². The van der Waals surface area contributed by atoms with Gasteiger partial charge in [0, 0.05) is 13.1 Å². The lowest BCUT2D eigenvalue weighted by molar-refractivity contribution is -0.274. The highest BCUT2D eigenvalue weighted by Gasteiger charge is 2.47. The summed E-state index contributed by atoms with van der Waals surface area (Å²) in [6, 6.07) is 9.84. The van der Waals surface area contributed by atoms with Gasteiger partial charge in [0.2, 0.25) is 11.8 Å². The zero-order valence-corrected chi connectivity index (χ0v) is 18.4. The topological polar surface area (TPSA) is 89.3 Å². The summed E-state index contributed by atoms with van der Waals surface area (Å²) in [5.41, 5.74) is 4.64. The Morgan fingerprint density at radius 1 is 1.26 bits per heavy atom. The number of aromatic nitrogens is 2. The summed E-state index contributed by atoms with van der Waals surface area (Å²) < 4.78 is 47.2. The van der Waals surface area contributed by atoms with Crippen LogP contribution in [0.5, 0.6) is 5.75 Å². The zero-order chi connectivity index (χ0) is 23.9. The van der Waals surface area contributed by atoms with Gasteiger partial charge in [-0.3, -0.25) is 4.79 Å². The van der Waals surface area contributed by atoms with Crippen LogP contribution in [0.2, 0.25) is 0 Å². The molecule has 2 heterocycles. The van der Waals surface area contributed by atoms with Gasteiger partial charge in [-0.05, 0) is 66.3 Å². The van der Waals surface area contributed by atoms with Crippen molar-refractivity contribution in [2.75, 3.05) is 6.54 Å². The average molecular weight is 472 g/mol. The standard InChI is InChI=1S/C24H23F3N4O3/c1-13-30-23(34-31-13)20-10-19(20)22(32)29-11-15-5-6-17(18-7-8-28-12-21(15)18)14-3-2-4-16(9-14)33-24(25,26)27/h2-6,9,19-20,28H,7-8,10-12H2,1H3,(H,29,32)/t19-,20-/m1/s1. The van der Waals surface area contributed by atoms with Gasteiger partial charge in [0.25, 0.3) is 0 Å². The minimum absolute atomic E-state index is 0.0367. The van der Waals surface area contributed by atoms with Crippen LogP contribution in [0.4, 0.5) is 13.2 Å². The largest absolute Gasteiger partial charge is 0.573 e. The number of hydrogen-bond donors (Lipinski definition) is 2. The molecule has 0 spiro atoms. The number of hydrogen-bond acceptors (Lipinski definition) is 6. The smallest absolute Gasteiger partial charge is 0.406 e. The van der Waals surface area contributed by atoms with Crippen LogP contribution in [0.15, 0.2) is 40.9 Å². The predicted molar refractivity (Wildman–Crippen MR) is 116 cm³/mol. The van der Waals surface area contributed by atoms with Crippen LogP contribution in [0.1, 0.15) is 40.7 Å². The third kappa shape index (κ3) is 4.77. The molecule has 178 valence electrons. The number of carbonyl (C=O) groups excluding carboxylic acids is 1. The zero-order valence-electron chi connectivity index (χ0n) is 18.4. The highest BCUT2D eigenvalue weighted by molar-refractivity contribution is 5.82. The predicted octanol–water partition coefficient (Wildman–Crippen LogP) is 4.01. The molecule has 0 saturated heterocycles. The quantitative estimate of drug-likeness (QED) is 0.564. The summed E-state index contributed by atoms with van der Waals surface area (Å²) in [7, 11) is 0. The van der Waals surface area contributed by atoms with E-state index in [0.717, 1.165) is 35.2 Å². The molecular formula is C24H23F3N4O3. The average Bonchev–Trinajstić information content (AvgIpc) is 3.49. The van der Waals surface area contributed by atoms with Gasteiger partial charge in [0.15, 0.2) is 5.82 Å². The molecule has 1 saturated carbocycles. The first-order valence-electron chi connectivity index (χ1n) is 11.1. The van der Waals surface area contributed by atoms with Gasteiger partial charge < -0.3 is 19.9 Å². The maximum Gasteiger partial charge on any atom is 0.573 e. The maximum atomic E-state index is 12.7. The second-order valence-corrected chi connectivity index (χ2v) is 8.58. The Bertz CT molecular complexity index is 1220. The number of aryl methyl sites for hydroxylation is 1. The molecule has 0 radical (unpaired) electrons. The third-order valence-electron chi connectivity index (χ3n) is 6.20. The second kappa shape index (κ2) is 8.75. The molecule has 2 aliphatic rings. The summed E-state index contributed by atoms with van der Waals surface area (Å²) in [5.74, 6) is 0.532. The number of benzene rings is 2. The van der Waals surface area contributed by atoms with E-state index in [2.05, 4.69) is 25.5 Å². The maximum absolute atomic E-state index is 12.7. The van der Waals surface area contributed by atoms with Gasteiger partial charge in [-0.15, -0.1) is 13.2 Å². The Kier molecular flexibility index (Phi) is 5.76. The fourth-order valence-corrected chi connectivity index (χ4v) is 4.51. The van der Waals surface area contributed by atoms with Crippen molar-refractivity contribution in [3.63, 3.8) is 0 Å². The monoisotopic (exact) mass is 472 g/mol. The van der Waals surface area contributed by atoms with Crippen molar-refractivity contribution in [3.8, 4) is 16.9 Å². The van der Waals surface area contributed by atoms with Crippen molar-refractivity contribution < 1.29 is 27.2 Å². The number of ether oxygens (including phenoxy) is 1. The molecular weight excluding hydrogens is 449 g/mol. The molecule has 1 aliphatic carbocycles. The summed E-state index contributed by atoms with van der Waals surface area (Å²) in [5, 5.41) is 10.1. The van der Waals surface area contributed by atoms with Crippen LogP contribution in [0.25, 0.3) is 11.1 Å². The van der Waals surface area contributed by atoms with Gasteiger partial charge >= 0.3 is 6.36 Å². The summed E-state index contributed by atoms with van der Waals surface area (Å²) in [6.45, 7) is 3.50. The highest BCUT2D eigenvalue weighted by atomic mass is 19.4. The van der Waals surface area contributed by atoms with Crippen LogP contribution in [0.3, 0.4) is 0 Å². The molecule has 1 fully saturated rings. The van der Waals surface area contributed by atoms with Crippen LogP contribution >= 0.6 is 0 Å². The molecule has 1 amide bonds. The number of carbonyl (C=O) groups is 1. The van der Waals surface area contributed by atoms with Crippen molar-refractivity contribution in [2.24, 2.45) is 5.92 Å². The third-order valence-corrected chi connectivity index (χ3v) is 6.20. The van der Waals surface area contributed by atoms with E-state index in [0.29, 0.717) is 36.8 Å². The van der Waals surface area contributed by atoms with Crippen molar-refractivity contribution in [2.45, 2.75) is 45.1 Å². The summed E-state index contributed by atoms with van der Waals surface area (Å²) in [6.07, 6.45) is -3.33. The number of nitrogens with one attached hydrogen (secondary N) is 2. The molecule has 1 aromatic heterocycles. The lowest BCUT2D eigenvalue weighted by Crippen LogP contribution is -2.29. The molecule has 5 rings (SSSR count). The Hall–Kier alpha value is -3.40. The van der Waals surface area contributed by atoms with Crippen LogP contribution in [-0.2, 0) is 24.3 Å². The number of nitrogens with zero attached hydrogens (tertiary/aromatic N) is 2. The first-order valence-corrected chi connectivity index (χ1v) is 11.1. The fourth-order valence-electron chi connectivity index (χ4n) is 4.51. The SMILES string of the molecule is Cc1noc([C@@H]2C[C@H]2C(=O)NCc2ccc(-c3cccc(OC(F)(F)F)c3)c3c2CNCC3)n1. The molecule has 2 atom stereocenters. The number of rotatable bonds is 6. The molecule has 0 unspecified atom stereocenters. The number of fused-ring (bicyclic) bond motifs is 1. The van der Waals surface area contributed by atoms with E-state index in [-0.39, 0.29) is 23.5 Å². The van der Waals surface area contributed by atoms with E-state index in [4.69, 9.17) is 4.52 Å². The Morgan fingerprint density at radius 2 is 2.12 bits per heavy atom. The lowest BCUT2D eigenvalue weighted by Gasteiger charge is -2.24. The van der Waals surface area contributed by atoms with E-state index in [1.165, 1.54) is 12.1 Å². The lowest BCUT2D eigenvalue weighted by atomic mass is 9.88. The van der Waals surface area contributed by atoms with E-state index >= 15 is 0 Å². The Labute approximate surface area is 193 Å². The van der Waals surface area contributed by atoms with E-state index in [1.807, 2.05) is 12.1 Å². The molecule has 2 aromatic carbocycles. The molecule has 3 aromatic rings. The van der Waals surface area contributed by atoms with Crippen molar-refractivity contribution >= 4 is 5.91 Å². The molecule has 10 heteroatoms. The number of halogens is 3. The number of amides is 1.